The van der Waals surface area contributed by atoms with Crippen molar-refractivity contribution in [2.24, 2.45) is 0 Å². The minimum Gasteiger partial charge on any atom is -0.319 e. The van der Waals surface area contributed by atoms with Crippen molar-refractivity contribution >= 4 is 17.4 Å². The SMILES string of the molecule is CCC1CC(C)N1C(=O)Nc1cc(-c2cn3ccnc3cn2)c(C)cc1F.[HH]. The Balaban J connectivity index is 0.00000225. The van der Waals surface area contributed by atoms with Gasteiger partial charge in [0.15, 0.2) is 5.65 Å². The lowest BCUT2D eigenvalue weighted by atomic mass is 9.93. The minimum atomic E-state index is -0.450. The Morgan fingerprint density at radius 3 is 2.96 bits per heavy atom. The third-order valence-corrected chi connectivity index (χ3v) is 5.30. The molecule has 142 valence electrons. The number of amides is 2. The summed E-state index contributed by atoms with van der Waals surface area (Å²) in [5.74, 6) is -0.450. The van der Waals surface area contributed by atoms with Crippen LogP contribution in [-0.2, 0) is 0 Å². The number of hydrogen-bond donors (Lipinski definition) is 1. The molecular weight excluding hydrogens is 345 g/mol. The Labute approximate surface area is 158 Å². The molecule has 2 unspecified atom stereocenters. The van der Waals surface area contributed by atoms with Gasteiger partial charge >= 0.3 is 6.03 Å². The van der Waals surface area contributed by atoms with E-state index in [1.165, 1.54) is 6.07 Å². The van der Waals surface area contributed by atoms with Crippen LogP contribution < -0.4 is 5.32 Å². The molecule has 0 saturated carbocycles. The molecule has 0 bridgehead atoms. The summed E-state index contributed by atoms with van der Waals surface area (Å²) in [5.41, 5.74) is 3.12. The quantitative estimate of drug-likeness (QED) is 0.740. The second-order valence-electron chi connectivity index (χ2n) is 7.10. The second-order valence-corrected chi connectivity index (χ2v) is 7.10. The van der Waals surface area contributed by atoms with Crippen molar-refractivity contribution in [3.05, 3.63) is 48.3 Å². The van der Waals surface area contributed by atoms with Gasteiger partial charge in [-0.15, -0.1) is 0 Å². The minimum absolute atomic E-state index is 0. The Morgan fingerprint density at radius 2 is 2.22 bits per heavy atom. The molecule has 1 saturated heterocycles. The lowest BCUT2D eigenvalue weighted by Gasteiger charge is -2.46. The molecule has 3 aromatic rings. The fraction of sp³-hybridized carbons (Fsp3) is 0.350. The number of fused-ring (bicyclic) bond motifs is 1. The lowest BCUT2D eigenvalue weighted by molar-refractivity contribution is 0.0688. The number of urea groups is 1. The monoisotopic (exact) mass is 369 g/mol. The Morgan fingerprint density at radius 1 is 1.41 bits per heavy atom. The molecule has 4 rings (SSSR count). The molecule has 6 nitrogen and oxygen atoms in total. The van der Waals surface area contributed by atoms with E-state index in [0.717, 1.165) is 29.6 Å². The van der Waals surface area contributed by atoms with E-state index in [1.54, 1.807) is 23.4 Å². The van der Waals surface area contributed by atoms with Crippen LogP contribution >= 0.6 is 0 Å². The number of nitrogens with one attached hydrogen (secondary N) is 1. The molecule has 1 aromatic carbocycles. The molecule has 1 aliphatic heterocycles. The van der Waals surface area contributed by atoms with E-state index in [0.29, 0.717) is 5.69 Å². The number of carbonyl (C=O) groups is 1. The van der Waals surface area contributed by atoms with Crippen LogP contribution in [0, 0.1) is 12.7 Å². The van der Waals surface area contributed by atoms with Gasteiger partial charge in [0, 0.05) is 37.7 Å². The van der Waals surface area contributed by atoms with E-state index in [2.05, 4.69) is 22.2 Å². The number of benzene rings is 1. The number of aromatic nitrogens is 3. The highest BCUT2D eigenvalue weighted by molar-refractivity contribution is 5.91. The van der Waals surface area contributed by atoms with Crippen LogP contribution in [0.5, 0.6) is 0 Å². The average Bonchev–Trinajstić information content (AvgIpc) is 3.09. The number of imidazole rings is 1. The van der Waals surface area contributed by atoms with Gasteiger partial charge in [0.25, 0.3) is 0 Å². The Hall–Kier alpha value is -2.96. The fourth-order valence-electron chi connectivity index (χ4n) is 3.76. The molecule has 2 aromatic heterocycles. The van der Waals surface area contributed by atoms with Gasteiger partial charge in [-0.25, -0.2) is 14.2 Å². The summed E-state index contributed by atoms with van der Waals surface area (Å²) in [6, 6.07) is 3.22. The molecule has 0 aliphatic carbocycles. The van der Waals surface area contributed by atoms with Crippen LogP contribution in [0.4, 0.5) is 14.9 Å². The van der Waals surface area contributed by atoms with Crippen molar-refractivity contribution in [1.82, 2.24) is 19.3 Å². The number of anilines is 1. The van der Waals surface area contributed by atoms with E-state index in [4.69, 9.17) is 0 Å². The van der Waals surface area contributed by atoms with Crippen LogP contribution in [-0.4, -0.2) is 37.4 Å². The largest absolute Gasteiger partial charge is 0.322 e. The van der Waals surface area contributed by atoms with E-state index in [1.807, 2.05) is 30.6 Å². The van der Waals surface area contributed by atoms with Gasteiger partial charge in [0.2, 0.25) is 0 Å². The van der Waals surface area contributed by atoms with Gasteiger partial charge in [-0.05, 0) is 44.4 Å². The molecule has 1 aliphatic rings. The number of likely N-dealkylation sites (tertiary alicyclic amines) is 1. The van der Waals surface area contributed by atoms with Gasteiger partial charge in [-0.2, -0.15) is 0 Å². The zero-order chi connectivity index (χ0) is 19.1. The van der Waals surface area contributed by atoms with Crippen molar-refractivity contribution < 1.29 is 10.6 Å². The van der Waals surface area contributed by atoms with E-state index in [9.17, 15) is 9.18 Å². The first kappa shape index (κ1) is 17.5. The van der Waals surface area contributed by atoms with Crippen LogP contribution in [0.2, 0.25) is 0 Å². The third kappa shape index (κ3) is 3.03. The molecule has 2 amide bonds. The number of hydrogen-bond acceptors (Lipinski definition) is 3. The van der Waals surface area contributed by atoms with Crippen molar-refractivity contribution in [2.75, 3.05) is 5.32 Å². The molecule has 2 atom stereocenters. The number of aryl methyl sites for hydroxylation is 1. The predicted octanol–water partition coefficient (Wildman–Crippen LogP) is 4.49. The average molecular weight is 369 g/mol. The lowest BCUT2D eigenvalue weighted by Crippen LogP contribution is -2.58. The standard InChI is InChI=1S/C20H22FN5O.H2/c1-4-14-8-13(3)26(14)20(27)24-17-9-15(12(2)7-16(17)21)18-11-25-6-5-22-19(25)10-23-18;/h5-7,9-11,13-14H,4,8H2,1-3H3,(H,24,27);1H. The van der Waals surface area contributed by atoms with Crippen LogP contribution in [0.15, 0.2) is 36.9 Å². The van der Waals surface area contributed by atoms with Crippen molar-refractivity contribution in [2.45, 2.75) is 45.7 Å². The molecule has 0 spiro atoms. The van der Waals surface area contributed by atoms with Gasteiger partial charge in [0.1, 0.15) is 5.82 Å². The number of halogens is 1. The number of nitrogens with zero attached hydrogens (tertiary/aromatic N) is 4. The maximum Gasteiger partial charge on any atom is 0.322 e. The zero-order valence-corrected chi connectivity index (χ0v) is 15.6. The molecule has 3 heterocycles. The Kier molecular flexibility index (Phi) is 4.30. The summed E-state index contributed by atoms with van der Waals surface area (Å²) in [6.45, 7) is 5.89. The molecule has 0 radical (unpaired) electrons. The number of rotatable bonds is 3. The topological polar surface area (TPSA) is 62.5 Å². The highest BCUT2D eigenvalue weighted by Crippen LogP contribution is 2.31. The first-order valence-corrected chi connectivity index (χ1v) is 9.16. The smallest absolute Gasteiger partial charge is 0.319 e. The summed E-state index contributed by atoms with van der Waals surface area (Å²) in [4.78, 5) is 23.0. The molecule has 1 fully saturated rings. The van der Waals surface area contributed by atoms with Gasteiger partial charge in [-0.1, -0.05) is 6.92 Å². The zero-order valence-electron chi connectivity index (χ0n) is 15.6. The van der Waals surface area contributed by atoms with Gasteiger partial charge in [-0.3, -0.25) is 4.98 Å². The second kappa shape index (κ2) is 6.64. The molecule has 7 heteroatoms. The van der Waals surface area contributed by atoms with Crippen molar-refractivity contribution in [1.29, 1.82) is 0 Å². The normalized spacial score (nSPS) is 19.2. The predicted molar refractivity (Wildman–Crippen MR) is 104 cm³/mol. The number of carbonyl (C=O) groups excluding carboxylic acids is 1. The maximum atomic E-state index is 14.5. The van der Waals surface area contributed by atoms with Crippen molar-refractivity contribution in [3.8, 4) is 11.3 Å². The molecule has 1 N–H and O–H groups in total. The maximum absolute atomic E-state index is 14.5. The summed E-state index contributed by atoms with van der Waals surface area (Å²) in [6.07, 6.45) is 8.93. The summed E-state index contributed by atoms with van der Waals surface area (Å²) >= 11 is 0. The van der Waals surface area contributed by atoms with E-state index >= 15 is 0 Å². The van der Waals surface area contributed by atoms with Crippen molar-refractivity contribution in [3.63, 3.8) is 0 Å². The summed E-state index contributed by atoms with van der Waals surface area (Å²) in [7, 11) is 0. The van der Waals surface area contributed by atoms with E-state index in [-0.39, 0.29) is 25.2 Å². The van der Waals surface area contributed by atoms with E-state index < -0.39 is 5.82 Å². The highest BCUT2D eigenvalue weighted by atomic mass is 19.1. The summed E-state index contributed by atoms with van der Waals surface area (Å²) < 4.78 is 16.4. The first-order valence-electron chi connectivity index (χ1n) is 9.16. The van der Waals surface area contributed by atoms with Gasteiger partial charge in [0.05, 0.1) is 17.6 Å². The van der Waals surface area contributed by atoms with Crippen LogP contribution in [0.25, 0.3) is 16.9 Å². The fourth-order valence-corrected chi connectivity index (χ4v) is 3.76. The highest BCUT2D eigenvalue weighted by Gasteiger charge is 2.37. The van der Waals surface area contributed by atoms with Crippen LogP contribution in [0.1, 0.15) is 33.7 Å². The molecular formula is C20H24FN5O. The summed E-state index contributed by atoms with van der Waals surface area (Å²) in [5, 5.41) is 2.74. The molecule has 27 heavy (non-hydrogen) atoms. The first-order chi connectivity index (χ1) is 13.0. The third-order valence-electron chi connectivity index (χ3n) is 5.30. The van der Waals surface area contributed by atoms with Gasteiger partial charge < -0.3 is 14.6 Å². The van der Waals surface area contributed by atoms with Crippen LogP contribution in [0.3, 0.4) is 0 Å². The Bertz CT molecular complexity index is 1020.